The number of aromatic nitrogens is 1. The highest BCUT2D eigenvalue weighted by atomic mass is 16.4. The Bertz CT molecular complexity index is 325. The van der Waals surface area contributed by atoms with Crippen LogP contribution in [0.3, 0.4) is 0 Å². The van der Waals surface area contributed by atoms with E-state index in [2.05, 4.69) is 10.3 Å². The van der Waals surface area contributed by atoms with E-state index in [0.29, 0.717) is 11.5 Å². The molecule has 13 heavy (non-hydrogen) atoms. The normalized spacial score (nSPS) is 9.62. The Hall–Kier alpha value is -1.78. The lowest BCUT2D eigenvalue weighted by Gasteiger charge is -2.05. The Morgan fingerprint density at radius 1 is 1.77 bits per heavy atom. The molecule has 0 unspecified atom stereocenters. The van der Waals surface area contributed by atoms with Gasteiger partial charge in [0.05, 0.1) is 11.9 Å². The molecule has 70 valence electrons. The number of hydrogen-bond acceptors (Lipinski definition) is 4. The molecule has 0 spiro atoms. The number of carboxylic acids is 1. The molecule has 1 heterocycles. The number of anilines is 2. The van der Waals surface area contributed by atoms with Crippen molar-refractivity contribution in [2.45, 2.75) is 6.92 Å². The molecule has 1 aromatic rings. The molecule has 1 rings (SSSR count). The van der Waals surface area contributed by atoms with Crippen LogP contribution in [0.5, 0.6) is 0 Å². The first kappa shape index (κ1) is 9.31. The van der Waals surface area contributed by atoms with Crippen molar-refractivity contribution in [3.05, 3.63) is 17.8 Å². The van der Waals surface area contributed by atoms with Gasteiger partial charge in [-0.1, -0.05) is 0 Å². The second-order valence-corrected chi connectivity index (χ2v) is 2.68. The fourth-order valence-electron chi connectivity index (χ4n) is 0.941. The van der Waals surface area contributed by atoms with Crippen LogP contribution in [0, 0.1) is 6.92 Å². The summed E-state index contributed by atoms with van der Waals surface area (Å²) in [7, 11) is 0. The fraction of sp³-hybridized carbons (Fsp3) is 0.250. The minimum Gasteiger partial charge on any atom is -0.480 e. The van der Waals surface area contributed by atoms with Crippen molar-refractivity contribution in [3.63, 3.8) is 0 Å². The van der Waals surface area contributed by atoms with E-state index in [4.69, 9.17) is 10.8 Å². The molecule has 1 aromatic heterocycles. The molecule has 0 atom stereocenters. The van der Waals surface area contributed by atoms with Gasteiger partial charge in [0.2, 0.25) is 0 Å². The first-order valence-electron chi connectivity index (χ1n) is 3.77. The molecule has 0 saturated heterocycles. The predicted molar refractivity (Wildman–Crippen MR) is 49.5 cm³/mol. The maximum Gasteiger partial charge on any atom is 0.322 e. The SMILES string of the molecule is Cc1cc(N)cnc1NCC(=O)O. The van der Waals surface area contributed by atoms with Gasteiger partial charge < -0.3 is 16.2 Å². The highest BCUT2D eigenvalue weighted by molar-refractivity contribution is 5.72. The maximum atomic E-state index is 10.2. The molecule has 0 amide bonds. The molecule has 0 aliphatic heterocycles. The minimum atomic E-state index is -0.918. The summed E-state index contributed by atoms with van der Waals surface area (Å²) in [4.78, 5) is 14.2. The first-order valence-corrected chi connectivity index (χ1v) is 3.77. The average molecular weight is 181 g/mol. The van der Waals surface area contributed by atoms with E-state index >= 15 is 0 Å². The third kappa shape index (κ3) is 2.62. The van der Waals surface area contributed by atoms with Crippen molar-refractivity contribution in [2.75, 3.05) is 17.6 Å². The van der Waals surface area contributed by atoms with Crippen LogP contribution in [-0.2, 0) is 4.79 Å². The second-order valence-electron chi connectivity index (χ2n) is 2.68. The van der Waals surface area contributed by atoms with Gasteiger partial charge in [0.15, 0.2) is 0 Å². The molecule has 0 saturated carbocycles. The zero-order chi connectivity index (χ0) is 9.84. The fourth-order valence-corrected chi connectivity index (χ4v) is 0.941. The number of nitrogens with zero attached hydrogens (tertiary/aromatic N) is 1. The summed E-state index contributed by atoms with van der Waals surface area (Å²) in [5.74, 6) is -0.366. The highest BCUT2D eigenvalue weighted by Gasteiger charge is 2.01. The van der Waals surface area contributed by atoms with Crippen LogP contribution in [0.25, 0.3) is 0 Å². The van der Waals surface area contributed by atoms with Crippen molar-refractivity contribution in [3.8, 4) is 0 Å². The standard InChI is InChI=1S/C8H11N3O2/c1-5-2-6(9)3-10-8(5)11-4-7(12)13/h2-3H,4,9H2,1H3,(H,10,11)(H,12,13). The van der Waals surface area contributed by atoms with Crippen molar-refractivity contribution in [1.29, 1.82) is 0 Å². The molecule has 5 nitrogen and oxygen atoms in total. The van der Waals surface area contributed by atoms with Crippen LogP contribution in [0.15, 0.2) is 12.3 Å². The molecule has 0 aromatic carbocycles. The third-order valence-electron chi connectivity index (χ3n) is 1.51. The summed E-state index contributed by atoms with van der Waals surface area (Å²) in [5, 5.41) is 11.1. The molecule has 0 aliphatic rings. The van der Waals surface area contributed by atoms with Crippen LogP contribution in [0.1, 0.15) is 5.56 Å². The quantitative estimate of drug-likeness (QED) is 0.630. The Kier molecular flexibility index (Phi) is 2.69. The number of carboxylic acid groups (broad SMARTS) is 1. The lowest BCUT2D eigenvalue weighted by atomic mass is 10.2. The number of rotatable bonds is 3. The molecular formula is C8H11N3O2. The van der Waals surface area contributed by atoms with Gasteiger partial charge in [-0.25, -0.2) is 4.98 Å². The number of hydrogen-bond donors (Lipinski definition) is 3. The zero-order valence-corrected chi connectivity index (χ0v) is 7.24. The van der Waals surface area contributed by atoms with Gasteiger partial charge in [0.25, 0.3) is 0 Å². The summed E-state index contributed by atoms with van der Waals surface area (Å²) in [5.41, 5.74) is 6.88. The largest absolute Gasteiger partial charge is 0.480 e. The predicted octanol–water partition coefficient (Wildman–Crippen LogP) is 0.469. The van der Waals surface area contributed by atoms with E-state index in [1.54, 1.807) is 6.07 Å². The van der Waals surface area contributed by atoms with Crippen LogP contribution in [0.4, 0.5) is 11.5 Å². The van der Waals surface area contributed by atoms with Crippen molar-refractivity contribution < 1.29 is 9.90 Å². The number of nitrogen functional groups attached to an aromatic ring is 1. The number of nitrogens with one attached hydrogen (secondary N) is 1. The van der Waals surface area contributed by atoms with Crippen LogP contribution in [0.2, 0.25) is 0 Å². The summed E-state index contributed by atoms with van der Waals surface area (Å²) < 4.78 is 0. The number of aliphatic carboxylic acids is 1. The number of carbonyl (C=O) groups is 1. The van der Waals surface area contributed by atoms with Crippen LogP contribution >= 0.6 is 0 Å². The van der Waals surface area contributed by atoms with Crippen molar-refractivity contribution in [2.24, 2.45) is 0 Å². The molecular weight excluding hydrogens is 170 g/mol. The van der Waals surface area contributed by atoms with E-state index in [0.717, 1.165) is 5.56 Å². The summed E-state index contributed by atoms with van der Waals surface area (Å²) in [6.07, 6.45) is 1.48. The maximum absolute atomic E-state index is 10.2. The van der Waals surface area contributed by atoms with Gasteiger partial charge in [-0.15, -0.1) is 0 Å². The van der Waals surface area contributed by atoms with Gasteiger partial charge in [-0.2, -0.15) is 0 Å². The lowest BCUT2D eigenvalue weighted by Crippen LogP contribution is -2.14. The summed E-state index contributed by atoms with van der Waals surface area (Å²) >= 11 is 0. The van der Waals surface area contributed by atoms with E-state index in [1.165, 1.54) is 6.20 Å². The lowest BCUT2D eigenvalue weighted by molar-refractivity contribution is -0.134. The number of nitrogens with two attached hydrogens (primary N) is 1. The molecule has 0 bridgehead atoms. The average Bonchev–Trinajstić information content (AvgIpc) is 2.02. The Labute approximate surface area is 75.6 Å². The minimum absolute atomic E-state index is 0.141. The molecule has 4 N–H and O–H groups in total. The Morgan fingerprint density at radius 2 is 2.46 bits per heavy atom. The van der Waals surface area contributed by atoms with Gasteiger partial charge in [0.1, 0.15) is 12.4 Å². The Balaban J connectivity index is 2.72. The molecule has 5 heteroatoms. The monoisotopic (exact) mass is 181 g/mol. The smallest absolute Gasteiger partial charge is 0.322 e. The van der Waals surface area contributed by atoms with Gasteiger partial charge in [-0.3, -0.25) is 4.79 Å². The van der Waals surface area contributed by atoms with E-state index in [1.807, 2.05) is 6.92 Å². The molecule has 0 fully saturated rings. The summed E-state index contributed by atoms with van der Waals surface area (Å²) in [6.45, 7) is 1.67. The molecule has 0 aliphatic carbocycles. The van der Waals surface area contributed by atoms with Gasteiger partial charge in [-0.05, 0) is 18.6 Å². The van der Waals surface area contributed by atoms with Crippen LogP contribution < -0.4 is 11.1 Å². The molecule has 0 radical (unpaired) electrons. The van der Waals surface area contributed by atoms with Gasteiger partial charge in [0, 0.05) is 0 Å². The van der Waals surface area contributed by atoms with Gasteiger partial charge >= 0.3 is 5.97 Å². The Morgan fingerprint density at radius 3 is 3.00 bits per heavy atom. The second kappa shape index (κ2) is 3.75. The topological polar surface area (TPSA) is 88.2 Å². The zero-order valence-electron chi connectivity index (χ0n) is 7.24. The number of pyridine rings is 1. The summed E-state index contributed by atoms with van der Waals surface area (Å²) in [6, 6.07) is 1.73. The number of aryl methyl sites for hydroxylation is 1. The highest BCUT2D eigenvalue weighted by Crippen LogP contribution is 2.12. The van der Waals surface area contributed by atoms with Crippen molar-refractivity contribution in [1.82, 2.24) is 4.98 Å². The van der Waals surface area contributed by atoms with Crippen molar-refractivity contribution >= 4 is 17.5 Å². The van der Waals surface area contributed by atoms with Crippen LogP contribution in [-0.4, -0.2) is 22.6 Å². The first-order chi connectivity index (χ1) is 6.09. The van der Waals surface area contributed by atoms with E-state index in [-0.39, 0.29) is 6.54 Å². The third-order valence-corrected chi connectivity index (χ3v) is 1.51. The van der Waals surface area contributed by atoms with E-state index in [9.17, 15) is 4.79 Å². The van der Waals surface area contributed by atoms with E-state index < -0.39 is 5.97 Å².